The number of nitrogens with zero attached hydrogens (tertiary/aromatic N) is 4. The molecule has 1 unspecified atom stereocenters. The van der Waals surface area contributed by atoms with E-state index >= 15 is 0 Å². The van der Waals surface area contributed by atoms with Crippen molar-refractivity contribution in [3.05, 3.63) is 69.8 Å². The maximum absolute atomic E-state index is 14.7. The summed E-state index contributed by atoms with van der Waals surface area (Å²) >= 11 is 0. The van der Waals surface area contributed by atoms with Gasteiger partial charge in [-0.15, -0.1) is 0 Å². The molecular formula is C30H37FN6O4. The average Bonchev–Trinajstić information content (AvgIpc) is 2.90. The van der Waals surface area contributed by atoms with Crippen LogP contribution in [0.25, 0.3) is 11.3 Å². The molecule has 1 atom stereocenters. The van der Waals surface area contributed by atoms with Crippen LogP contribution in [-0.4, -0.2) is 61.7 Å². The zero-order chi connectivity index (χ0) is 29.9. The zero-order valence-electron chi connectivity index (χ0n) is 24.4. The molecule has 2 aromatic heterocycles. The van der Waals surface area contributed by atoms with Crippen molar-refractivity contribution in [3.8, 4) is 11.3 Å². The highest BCUT2D eigenvalue weighted by Crippen LogP contribution is 2.24. The van der Waals surface area contributed by atoms with Gasteiger partial charge in [-0.3, -0.25) is 14.6 Å². The van der Waals surface area contributed by atoms with Crippen molar-refractivity contribution in [2.45, 2.75) is 77.9 Å². The molecule has 41 heavy (non-hydrogen) atoms. The molecule has 1 aliphatic rings. The van der Waals surface area contributed by atoms with Gasteiger partial charge in [0.1, 0.15) is 22.8 Å². The Morgan fingerprint density at radius 1 is 1.12 bits per heavy atom. The first kappa shape index (κ1) is 29.8. The summed E-state index contributed by atoms with van der Waals surface area (Å²) in [6.45, 7) is 12.4. The third-order valence-corrected chi connectivity index (χ3v) is 6.63. The van der Waals surface area contributed by atoms with Crippen LogP contribution in [0.4, 0.5) is 14.9 Å². The first-order chi connectivity index (χ1) is 19.2. The number of nitrogens with one attached hydrogen (secondary N) is 2. The van der Waals surface area contributed by atoms with Crippen molar-refractivity contribution < 1.29 is 18.7 Å². The van der Waals surface area contributed by atoms with Gasteiger partial charge in [-0.05, 0) is 63.4 Å². The molecule has 11 heteroatoms. The summed E-state index contributed by atoms with van der Waals surface area (Å²) in [5.74, 6) is -0.897. The number of likely N-dealkylation sites (tertiary alicyclic amines) is 1. The molecule has 0 aliphatic carbocycles. The number of benzene rings is 1. The van der Waals surface area contributed by atoms with Gasteiger partial charge in [0.2, 0.25) is 0 Å². The van der Waals surface area contributed by atoms with Gasteiger partial charge in [0.15, 0.2) is 5.78 Å². The summed E-state index contributed by atoms with van der Waals surface area (Å²) in [4.78, 5) is 48.2. The number of carbonyl (C=O) groups is 2. The number of aromatic amines is 1. The van der Waals surface area contributed by atoms with Crippen LogP contribution >= 0.6 is 0 Å². The number of ketones is 1. The molecule has 10 nitrogen and oxygen atoms in total. The quantitative estimate of drug-likeness (QED) is 0.405. The van der Waals surface area contributed by atoms with E-state index < -0.39 is 23.1 Å². The first-order valence-corrected chi connectivity index (χ1v) is 13.7. The Labute approximate surface area is 238 Å². The highest BCUT2D eigenvalue weighted by atomic mass is 19.1. The Balaban J connectivity index is 1.49. The lowest BCUT2D eigenvalue weighted by Crippen LogP contribution is -2.47. The third-order valence-electron chi connectivity index (χ3n) is 6.63. The predicted molar refractivity (Wildman–Crippen MR) is 153 cm³/mol. The lowest BCUT2D eigenvalue weighted by Gasteiger charge is -2.34. The molecule has 0 spiro atoms. The number of aromatic nitrogens is 4. The van der Waals surface area contributed by atoms with Gasteiger partial charge in [-0.2, -0.15) is 5.10 Å². The number of H-pyrrole nitrogens is 1. The number of halogens is 1. The van der Waals surface area contributed by atoms with Crippen LogP contribution in [0.2, 0.25) is 0 Å². The maximum atomic E-state index is 14.7. The number of carbonyl (C=O) groups excluding carboxylic acids is 2. The summed E-state index contributed by atoms with van der Waals surface area (Å²) in [5, 5.41) is 9.85. The maximum Gasteiger partial charge on any atom is 0.410 e. The van der Waals surface area contributed by atoms with Gasteiger partial charge in [0.05, 0.1) is 17.6 Å². The summed E-state index contributed by atoms with van der Waals surface area (Å²) < 4.78 is 20.2. The molecule has 1 aliphatic heterocycles. The second-order valence-electron chi connectivity index (χ2n) is 12.3. The summed E-state index contributed by atoms with van der Waals surface area (Å²) in [6, 6.07) is 5.77. The second-order valence-corrected chi connectivity index (χ2v) is 12.3. The molecule has 1 amide bonds. The molecular weight excluding hydrogens is 527 g/mol. The smallest absolute Gasteiger partial charge is 0.410 e. The Bertz CT molecular complexity index is 1470. The van der Waals surface area contributed by atoms with E-state index in [1.54, 1.807) is 23.2 Å². The van der Waals surface area contributed by atoms with Crippen LogP contribution in [0.3, 0.4) is 0 Å². The van der Waals surface area contributed by atoms with Gasteiger partial charge < -0.3 is 15.0 Å². The van der Waals surface area contributed by atoms with E-state index in [4.69, 9.17) is 4.74 Å². The SMILES string of the molecule is CC(C)(C)OC(=O)N1CCCC(Nc2cc(-c3ccc(F)c(CC(=O)c4cnc(C(C)(C)C)cn4)c3)n[nH]c2=O)C1. The van der Waals surface area contributed by atoms with Crippen molar-refractivity contribution in [3.63, 3.8) is 0 Å². The highest BCUT2D eigenvalue weighted by molar-refractivity contribution is 5.95. The van der Waals surface area contributed by atoms with E-state index in [2.05, 4.69) is 25.5 Å². The standard InChI is InChI=1S/C30H37FN6O4/c1-29(2,3)26-16-32-24(15-33-26)25(38)13-19-12-18(9-10-21(19)31)22-14-23(27(39)36-35-22)34-20-8-7-11-37(17-20)28(40)41-30(4,5)6/h9-10,12,14-16,20H,7-8,11,13,17H2,1-6H3,(H,34,35)(H,36,39). The second kappa shape index (κ2) is 11.8. The van der Waals surface area contributed by atoms with E-state index in [0.29, 0.717) is 24.3 Å². The Kier molecular flexibility index (Phi) is 8.55. The van der Waals surface area contributed by atoms with Crippen LogP contribution in [-0.2, 0) is 16.6 Å². The predicted octanol–water partition coefficient (Wildman–Crippen LogP) is 4.90. The van der Waals surface area contributed by atoms with Crippen LogP contribution in [0.1, 0.15) is 76.1 Å². The average molecular weight is 565 g/mol. The van der Waals surface area contributed by atoms with Crippen LogP contribution in [0.15, 0.2) is 41.5 Å². The normalized spacial score (nSPS) is 15.9. The minimum Gasteiger partial charge on any atom is -0.444 e. The highest BCUT2D eigenvalue weighted by Gasteiger charge is 2.28. The van der Waals surface area contributed by atoms with Crippen molar-refractivity contribution >= 4 is 17.6 Å². The van der Waals surface area contributed by atoms with Gasteiger partial charge in [-0.25, -0.2) is 19.3 Å². The Morgan fingerprint density at radius 2 is 1.88 bits per heavy atom. The molecule has 2 N–H and O–H groups in total. The third kappa shape index (κ3) is 7.74. The molecule has 1 aromatic carbocycles. The number of anilines is 1. The topological polar surface area (TPSA) is 130 Å². The lowest BCUT2D eigenvalue weighted by atomic mass is 9.92. The molecule has 4 rings (SSSR count). The van der Waals surface area contributed by atoms with Crippen LogP contribution < -0.4 is 10.9 Å². The fourth-order valence-corrected chi connectivity index (χ4v) is 4.46. The summed E-state index contributed by atoms with van der Waals surface area (Å²) in [6.07, 6.45) is 3.90. The molecule has 218 valence electrons. The van der Waals surface area contributed by atoms with E-state index in [9.17, 15) is 18.8 Å². The minimum atomic E-state index is -0.600. The van der Waals surface area contributed by atoms with E-state index in [0.717, 1.165) is 18.5 Å². The molecule has 1 fully saturated rings. The number of rotatable bonds is 6. The molecule has 3 heterocycles. The van der Waals surface area contributed by atoms with Gasteiger partial charge >= 0.3 is 6.09 Å². The van der Waals surface area contributed by atoms with Gasteiger partial charge in [-0.1, -0.05) is 20.8 Å². The van der Waals surface area contributed by atoms with Crippen LogP contribution in [0, 0.1) is 5.82 Å². The number of piperidine rings is 1. The van der Waals surface area contributed by atoms with E-state index in [1.165, 1.54) is 18.3 Å². The van der Waals surface area contributed by atoms with Crippen LogP contribution in [0.5, 0.6) is 0 Å². The number of Topliss-reactive ketones (excluding diaryl/α,β-unsaturated/α-hetero) is 1. The monoisotopic (exact) mass is 564 g/mol. The Morgan fingerprint density at radius 3 is 2.54 bits per heavy atom. The molecule has 3 aromatic rings. The van der Waals surface area contributed by atoms with Crippen molar-refractivity contribution in [1.82, 2.24) is 25.1 Å². The van der Waals surface area contributed by atoms with E-state index in [1.807, 2.05) is 41.5 Å². The lowest BCUT2D eigenvalue weighted by molar-refractivity contribution is 0.0206. The summed E-state index contributed by atoms with van der Waals surface area (Å²) in [7, 11) is 0. The Hall–Kier alpha value is -4.15. The van der Waals surface area contributed by atoms with Gasteiger partial charge in [0, 0.05) is 42.7 Å². The zero-order valence-corrected chi connectivity index (χ0v) is 24.4. The summed E-state index contributed by atoms with van der Waals surface area (Å²) in [5.41, 5.74) is 1.07. The molecule has 0 radical (unpaired) electrons. The number of hydrogen-bond acceptors (Lipinski definition) is 8. The van der Waals surface area contributed by atoms with Crippen molar-refractivity contribution in [2.24, 2.45) is 0 Å². The number of hydrogen-bond donors (Lipinski definition) is 2. The fraction of sp³-hybridized carbons (Fsp3) is 0.467. The number of ether oxygens (including phenoxy) is 1. The van der Waals surface area contributed by atoms with Crippen molar-refractivity contribution in [1.29, 1.82) is 0 Å². The first-order valence-electron chi connectivity index (χ1n) is 13.7. The van der Waals surface area contributed by atoms with Crippen molar-refractivity contribution in [2.75, 3.05) is 18.4 Å². The molecule has 0 bridgehead atoms. The van der Waals surface area contributed by atoms with E-state index in [-0.39, 0.29) is 40.6 Å². The van der Waals surface area contributed by atoms with Gasteiger partial charge in [0.25, 0.3) is 5.56 Å². The molecule has 1 saturated heterocycles. The minimum absolute atomic E-state index is 0.157. The molecule has 0 saturated carbocycles. The number of amides is 1. The fourth-order valence-electron chi connectivity index (χ4n) is 4.46. The largest absolute Gasteiger partial charge is 0.444 e.